The number of nitrogens with one attached hydrogen (secondary N) is 1. The molecule has 6 nitrogen and oxygen atoms in total. The number of benzene rings is 2. The Morgan fingerprint density at radius 2 is 1.52 bits per heavy atom. The first kappa shape index (κ1) is 17.1. The van der Waals surface area contributed by atoms with Crippen LogP contribution in [0.15, 0.2) is 71.9 Å². The highest BCUT2D eigenvalue weighted by Gasteiger charge is 2.18. The van der Waals surface area contributed by atoms with E-state index in [-0.39, 0.29) is 16.9 Å². The summed E-state index contributed by atoms with van der Waals surface area (Å²) < 4.78 is 27.8. The van der Waals surface area contributed by atoms with Crippen LogP contribution < -0.4 is 10.5 Å². The Morgan fingerprint density at radius 3 is 2.12 bits per heavy atom. The first-order chi connectivity index (χ1) is 12.0. The highest BCUT2D eigenvalue weighted by molar-refractivity contribution is 7.89. The minimum absolute atomic E-state index is 0.196. The summed E-state index contributed by atoms with van der Waals surface area (Å²) in [4.78, 5) is 8.08. The van der Waals surface area contributed by atoms with Crippen molar-refractivity contribution in [3.05, 3.63) is 72.6 Å². The zero-order chi connectivity index (χ0) is 17.9. The minimum Gasteiger partial charge on any atom is -0.368 e. The Morgan fingerprint density at radius 1 is 0.920 bits per heavy atom. The number of rotatable bonds is 5. The molecule has 3 N–H and O–H groups in total. The van der Waals surface area contributed by atoms with Crippen LogP contribution in [0.5, 0.6) is 0 Å². The fourth-order valence-corrected chi connectivity index (χ4v) is 3.66. The Hall–Kier alpha value is -2.77. The molecule has 0 radical (unpaired) electrons. The fraction of sp³-hybridized carbons (Fsp3) is 0.111. The van der Waals surface area contributed by atoms with E-state index in [1.165, 1.54) is 0 Å². The molecule has 7 heteroatoms. The number of nitrogens with two attached hydrogens (primary N) is 1. The van der Waals surface area contributed by atoms with Crippen LogP contribution in [-0.4, -0.2) is 18.4 Å². The molecular weight excluding hydrogens is 336 g/mol. The van der Waals surface area contributed by atoms with Gasteiger partial charge in [0, 0.05) is 24.0 Å². The molecule has 0 bridgehead atoms. The van der Waals surface area contributed by atoms with Gasteiger partial charge in [0.25, 0.3) is 0 Å². The van der Waals surface area contributed by atoms with E-state index in [9.17, 15) is 8.42 Å². The summed E-state index contributed by atoms with van der Waals surface area (Å²) >= 11 is 0. The van der Waals surface area contributed by atoms with Crippen LogP contribution in [0.3, 0.4) is 0 Å². The van der Waals surface area contributed by atoms with Gasteiger partial charge in [0.05, 0.1) is 4.90 Å². The number of anilines is 1. The maximum absolute atomic E-state index is 12.6. The molecule has 0 saturated carbocycles. The zero-order valence-electron chi connectivity index (χ0n) is 13.6. The van der Waals surface area contributed by atoms with E-state index in [2.05, 4.69) is 14.7 Å². The average Bonchev–Trinajstić information content (AvgIpc) is 2.63. The van der Waals surface area contributed by atoms with Gasteiger partial charge in [0.1, 0.15) is 0 Å². The topological polar surface area (TPSA) is 98.0 Å². The number of aromatic nitrogens is 2. The lowest BCUT2D eigenvalue weighted by Gasteiger charge is -2.15. The van der Waals surface area contributed by atoms with Crippen molar-refractivity contribution in [2.75, 3.05) is 5.73 Å². The summed E-state index contributed by atoms with van der Waals surface area (Å²) in [7, 11) is -3.61. The predicted octanol–water partition coefficient (Wildman–Crippen LogP) is 2.77. The number of hydrogen-bond acceptors (Lipinski definition) is 5. The average molecular weight is 354 g/mol. The van der Waals surface area contributed by atoms with Gasteiger partial charge in [0.2, 0.25) is 16.0 Å². The smallest absolute Gasteiger partial charge is 0.241 e. The summed E-state index contributed by atoms with van der Waals surface area (Å²) in [6.45, 7) is 1.81. The minimum atomic E-state index is -3.61. The molecule has 0 amide bonds. The number of hydrogen-bond donors (Lipinski definition) is 2. The Bertz CT molecular complexity index is 941. The quantitative estimate of drug-likeness (QED) is 0.734. The second kappa shape index (κ2) is 7.00. The molecule has 0 unspecified atom stereocenters. The number of nitrogens with zero attached hydrogens (tertiary/aromatic N) is 2. The van der Waals surface area contributed by atoms with E-state index in [0.717, 1.165) is 16.7 Å². The van der Waals surface area contributed by atoms with E-state index in [4.69, 9.17) is 5.73 Å². The molecule has 3 rings (SSSR count). The lowest BCUT2D eigenvalue weighted by atomic mass is 10.1. The van der Waals surface area contributed by atoms with Crippen LogP contribution >= 0.6 is 0 Å². The van der Waals surface area contributed by atoms with Crippen molar-refractivity contribution in [3.63, 3.8) is 0 Å². The molecule has 25 heavy (non-hydrogen) atoms. The maximum Gasteiger partial charge on any atom is 0.241 e. The van der Waals surface area contributed by atoms with Crippen LogP contribution in [0.1, 0.15) is 18.5 Å². The summed E-state index contributed by atoms with van der Waals surface area (Å²) in [5.74, 6) is 0.196. The Balaban J connectivity index is 1.80. The van der Waals surface area contributed by atoms with Crippen molar-refractivity contribution in [1.82, 2.24) is 14.7 Å². The molecule has 0 saturated heterocycles. The predicted molar refractivity (Wildman–Crippen MR) is 97.1 cm³/mol. The lowest BCUT2D eigenvalue weighted by Crippen LogP contribution is -2.26. The molecule has 1 aromatic heterocycles. The SMILES string of the molecule is C[C@H](NS(=O)(=O)c1ccc(-c2cnc(N)nc2)cc1)c1ccccc1. The molecule has 2 aromatic carbocycles. The van der Waals surface area contributed by atoms with Gasteiger partial charge >= 0.3 is 0 Å². The summed E-state index contributed by atoms with van der Waals surface area (Å²) in [5.41, 5.74) is 7.96. The van der Waals surface area contributed by atoms with Gasteiger partial charge in [0.15, 0.2) is 0 Å². The van der Waals surface area contributed by atoms with Crippen molar-refractivity contribution >= 4 is 16.0 Å². The van der Waals surface area contributed by atoms with Gasteiger partial charge in [-0.1, -0.05) is 42.5 Å². The van der Waals surface area contributed by atoms with Crippen molar-refractivity contribution in [2.24, 2.45) is 0 Å². The molecule has 128 valence electrons. The van der Waals surface area contributed by atoms with Gasteiger partial charge in [-0.05, 0) is 30.2 Å². The van der Waals surface area contributed by atoms with Crippen molar-refractivity contribution < 1.29 is 8.42 Å². The molecule has 0 spiro atoms. The normalized spacial score (nSPS) is 12.7. The summed E-state index contributed by atoms with van der Waals surface area (Å²) in [6, 6.07) is 15.7. The Labute approximate surface area is 146 Å². The van der Waals surface area contributed by atoms with E-state index >= 15 is 0 Å². The monoisotopic (exact) mass is 354 g/mol. The molecule has 0 fully saturated rings. The molecule has 1 heterocycles. The molecular formula is C18H18N4O2S. The summed E-state index contributed by atoms with van der Waals surface area (Å²) in [6.07, 6.45) is 3.20. The standard InChI is InChI=1S/C18H18N4O2S/c1-13(14-5-3-2-4-6-14)22-25(23,24)17-9-7-15(8-10-17)16-11-20-18(19)21-12-16/h2-13,22H,1H3,(H2,19,20,21)/t13-/m0/s1. The largest absolute Gasteiger partial charge is 0.368 e. The zero-order valence-corrected chi connectivity index (χ0v) is 14.4. The van der Waals surface area contributed by atoms with Gasteiger partial charge in [-0.2, -0.15) is 0 Å². The molecule has 0 aliphatic heterocycles. The first-order valence-corrected chi connectivity index (χ1v) is 9.19. The first-order valence-electron chi connectivity index (χ1n) is 7.71. The van der Waals surface area contributed by atoms with Crippen LogP contribution in [0, 0.1) is 0 Å². The van der Waals surface area contributed by atoms with Gasteiger partial charge in [-0.3, -0.25) is 0 Å². The maximum atomic E-state index is 12.6. The third kappa shape index (κ3) is 4.01. The van der Waals surface area contributed by atoms with E-state index in [0.29, 0.717) is 0 Å². The highest BCUT2D eigenvalue weighted by Crippen LogP contribution is 2.22. The second-order valence-corrected chi connectivity index (χ2v) is 7.32. The Kier molecular flexibility index (Phi) is 4.78. The van der Waals surface area contributed by atoms with E-state index in [1.54, 1.807) is 36.7 Å². The second-order valence-electron chi connectivity index (χ2n) is 5.61. The summed E-state index contributed by atoms with van der Waals surface area (Å²) in [5, 5.41) is 0. The van der Waals surface area contributed by atoms with E-state index < -0.39 is 10.0 Å². The van der Waals surface area contributed by atoms with Crippen LogP contribution in [0.25, 0.3) is 11.1 Å². The van der Waals surface area contributed by atoms with Gasteiger partial charge < -0.3 is 5.73 Å². The van der Waals surface area contributed by atoms with Crippen molar-refractivity contribution in [1.29, 1.82) is 0 Å². The van der Waals surface area contributed by atoms with Gasteiger partial charge in [-0.25, -0.2) is 23.1 Å². The van der Waals surface area contributed by atoms with Crippen molar-refractivity contribution in [2.45, 2.75) is 17.9 Å². The highest BCUT2D eigenvalue weighted by atomic mass is 32.2. The van der Waals surface area contributed by atoms with Crippen LogP contribution in [0.2, 0.25) is 0 Å². The number of nitrogen functional groups attached to an aromatic ring is 1. The number of sulfonamides is 1. The van der Waals surface area contributed by atoms with E-state index in [1.807, 2.05) is 37.3 Å². The molecule has 0 aliphatic rings. The third-order valence-corrected chi connectivity index (χ3v) is 5.36. The molecule has 1 atom stereocenters. The fourth-order valence-electron chi connectivity index (χ4n) is 2.42. The van der Waals surface area contributed by atoms with Gasteiger partial charge in [-0.15, -0.1) is 0 Å². The molecule has 0 aliphatic carbocycles. The lowest BCUT2D eigenvalue weighted by molar-refractivity contribution is 0.567. The van der Waals surface area contributed by atoms with Crippen molar-refractivity contribution in [3.8, 4) is 11.1 Å². The van der Waals surface area contributed by atoms with Crippen LogP contribution in [0.4, 0.5) is 5.95 Å². The third-order valence-electron chi connectivity index (χ3n) is 3.80. The van der Waals surface area contributed by atoms with Crippen LogP contribution in [-0.2, 0) is 10.0 Å². The molecule has 3 aromatic rings.